The minimum atomic E-state index is -1.07. The number of aromatic carboxylic acids is 1. The SMILES string of the molecule is CCCN1C[C@H](C(=O)N2CCc3c(c(C(=O)O)nn3C)C2)CCC1=O. The van der Waals surface area contributed by atoms with Gasteiger partial charge in [0.25, 0.3) is 0 Å². The number of likely N-dealkylation sites (tertiary alicyclic amines) is 1. The predicted octanol–water partition coefficient (Wildman–Crippen LogP) is 0.652. The summed E-state index contributed by atoms with van der Waals surface area (Å²) in [5.41, 5.74) is 1.54. The minimum Gasteiger partial charge on any atom is -0.476 e. The predicted molar refractivity (Wildman–Crippen MR) is 88.9 cm³/mol. The van der Waals surface area contributed by atoms with Crippen molar-refractivity contribution in [1.82, 2.24) is 19.6 Å². The molecule has 1 saturated heterocycles. The number of carbonyl (C=O) groups is 3. The van der Waals surface area contributed by atoms with Gasteiger partial charge in [0.15, 0.2) is 5.69 Å². The lowest BCUT2D eigenvalue weighted by atomic mass is 9.94. The maximum absolute atomic E-state index is 12.9. The molecule has 8 heteroatoms. The summed E-state index contributed by atoms with van der Waals surface area (Å²) in [6.07, 6.45) is 2.45. The summed E-state index contributed by atoms with van der Waals surface area (Å²) < 4.78 is 1.60. The first-order chi connectivity index (χ1) is 11.9. The average molecular weight is 348 g/mol. The number of hydrogen-bond acceptors (Lipinski definition) is 4. The number of carbonyl (C=O) groups excluding carboxylic acids is 2. The lowest BCUT2D eigenvalue weighted by Crippen LogP contribution is -2.48. The smallest absolute Gasteiger partial charge is 0.356 e. The first kappa shape index (κ1) is 17.4. The van der Waals surface area contributed by atoms with Crippen LogP contribution in [0.5, 0.6) is 0 Å². The van der Waals surface area contributed by atoms with Gasteiger partial charge in [-0.25, -0.2) is 4.79 Å². The molecule has 2 aliphatic rings. The number of fused-ring (bicyclic) bond motifs is 1. The van der Waals surface area contributed by atoms with E-state index in [2.05, 4.69) is 5.10 Å². The van der Waals surface area contributed by atoms with E-state index in [1.807, 2.05) is 6.92 Å². The van der Waals surface area contributed by atoms with Gasteiger partial charge in [-0.05, 0) is 12.8 Å². The molecule has 136 valence electrons. The largest absolute Gasteiger partial charge is 0.476 e. The van der Waals surface area contributed by atoms with E-state index in [1.165, 1.54) is 0 Å². The maximum atomic E-state index is 12.9. The second-order valence-corrected chi connectivity index (χ2v) is 6.79. The molecular weight excluding hydrogens is 324 g/mol. The standard InChI is InChI=1S/C17H24N4O4/c1-3-7-20-9-11(4-5-14(20)22)16(23)21-8-6-13-12(10-21)15(17(24)25)18-19(13)2/h11H,3-10H2,1-2H3,(H,24,25)/t11-/m1/s1. The van der Waals surface area contributed by atoms with Gasteiger partial charge >= 0.3 is 5.97 Å². The van der Waals surface area contributed by atoms with Crippen molar-refractivity contribution < 1.29 is 19.5 Å². The Balaban J connectivity index is 1.74. The van der Waals surface area contributed by atoms with Crippen molar-refractivity contribution in [2.45, 2.75) is 39.2 Å². The number of hydrogen-bond donors (Lipinski definition) is 1. The topological polar surface area (TPSA) is 95.7 Å². The van der Waals surface area contributed by atoms with Gasteiger partial charge in [-0.15, -0.1) is 0 Å². The van der Waals surface area contributed by atoms with Crippen LogP contribution in [0.2, 0.25) is 0 Å². The Hall–Kier alpha value is -2.38. The molecule has 3 rings (SSSR count). The Labute approximate surface area is 146 Å². The second kappa shape index (κ2) is 6.85. The third-order valence-corrected chi connectivity index (χ3v) is 5.10. The first-order valence-corrected chi connectivity index (χ1v) is 8.77. The van der Waals surface area contributed by atoms with Crippen LogP contribution in [0.3, 0.4) is 0 Å². The van der Waals surface area contributed by atoms with Crippen molar-refractivity contribution in [2.24, 2.45) is 13.0 Å². The lowest BCUT2D eigenvalue weighted by molar-refractivity contribution is -0.143. The number of amides is 2. The van der Waals surface area contributed by atoms with Gasteiger partial charge in [0.1, 0.15) is 0 Å². The highest BCUT2D eigenvalue weighted by molar-refractivity contribution is 5.88. The highest BCUT2D eigenvalue weighted by Gasteiger charge is 2.35. The highest BCUT2D eigenvalue weighted by Crippen LogP contribution is 2.26. The molecule has 1 aromatic heterocycles. The van der Waals surface area contributed by atoms with Crippen LogP contribution in [-0.2, 0) is 29.6 Å². The third kappa shape index (κ3) is 3.25. The summed E-state index contributed by atoms with van der Waals surface area (Å²) in [5, 5.41) is 13.4. The summed E-state index contributed by atoms with van der Waals surface area (Å²) in [5.74, 6) is -1.13. The van der Waals surface area contributed by atoms with Crippen molar-refractivity contribution in [3.05, 3.63) is 17.0 Å². The van der Waals surface area contributed by atoms with Crippen molar-refractivity contribution >= 4 is 17.8 Å². The average Bonchev–Trinajstić information content (AvgIpc) is 2.93. The highest BCUT2D eigenvalue weighted by atomic mass is 16.4. The summed E-state index contributed by atoms with van der Waals surface area (Å²) in [6, 6.07) is 0. The molecule has 0 bridgehead atoms. The molecule has 0 radical (unpaired) electrons. The molecule has 0 spiro atoms. The Morgan fingerprint density at radius 1 is 1.32 bits per heavy atom. The molecule has 2 aliphatic heterocycles. The number of carboxylic acids is 1. The second-order valence-electron chi connectivity index (χ2n) is 6.79. The fourth-order valence-electron chi connectivity index (χ4n) is 3.81. The molecule has 2 amide bonds. The number of aryl methyl sites for hydroxylation is 1. The van der Waals surface area contributed by atoms with Crippen molar-refractivity contribution in [2.75, 3.05) is 19.6 Å². The zero-order valence-corrected chi connectivity index (χ0v) is 14.7. The van der Waals surface area contributed by atoms with E-state index < -0.39 is 5.97 Å². The first-order valence-electron chi connectivity index (χ1n) is 8.77. The molecule has 0 unspecified atom stereocenters. The molecule has 0 aliphatic carbocycles. The van der Waals surface area contributed by atoms with Crippen LogP contribution in [0.15, 0.2) is 0 Å². The molecule has 8 nitrogen and oxygen atoms in total. The molecule has 0 saturated carbocycles. The summed E-state index contributed by atoms with van der Waals surface area (Å²) in [6.45, 7) is 4.00. The Bertz CT molecular complexity index is 712. The van der Waals surface area contributed by atoms with Gasteiger partial charge in [-0.2, -0.15) is 5.10 Å². The molecule has 1 atom stereocenters. The van der Waals surface area contributed by atoms with Crippen LogP contribution in [0.25, 0.3) is 0 Å². The van der Waals surface area contributed by atoms with Gasteiger partial charge < -0.3 is 14.9 Å². The van der Waals surface area contributed by atoms with Crippen LogP contribution in [0.4, 0.5) is 0 Å². The number of piperidine rings is 1. The van der Waals surface area contributed by atoms with Crippen LogP contribution in [-0.4, -0.2) is 62.1 Å². The fourth-order valence-corrected chi connectivity index (χ4v) is 3.81. The van der Waals surface area contributed by atoms with Crippen LogP contribution < -0.4 is 0 Å². The molecule has 1 aromatic rings. The van der Waals surface area contributed by atoms with Gasteiger partial charge in [0.2, 0.25) is 11.8 Å². The zero-order chi connectivity index (χ0) is 18.1. The summed E-state index contributed by atoms with van der Waals surface area (Å²) in [4.78, 5) is 39.7. The number of rotatable bonds is 4. The van der Waals surface area contributed by atoms with E-state index in [0.717, 1.165) is 12.1 Å². The van der Waals surface area contributed by atoms with E-state index in [4.69, 9.17) is 0 Å². The van der Waals surface area contributed by atoms with Gasteiger partial charge in [-0.3, -0.25) is 14.3 Å². The number of aromatic nitrogens is 2. The third-order valence-electron chi connectivity index (χ3n) is 5.10. The summed E-state index contributed by atoms with van der Waals surface area (Å²) >= 11 is 0. The van der Waals surface area contributed by atoms with Gasteiger partial charge in [0.05, 0.1) is 5.92 Å². The number of nitrogens with zero attached hydrogens (tertiary/aromatic N) is 4. The summed E-state index contributed by atoms with van der Waals surface area (Å²) in [7, 11) is 1.73. The van der Waals surface area contributed by atoms with Gasteiger partial charge in [-0.1, -0.05) is 6.92 Å². The van der Waals surface area contributed by atoms with Crippen LogP contribution in [0.1, 0.15) is 47.9 Å². The molecule has 0 aromatic carbocycles. The molecular formula is C17H24N4O4. The van der Waals surface area contributed by atoms with E-state index in [-0.39, 0.29) is 30.0 Å². The zero-order valence-electron chi connectivity index (χ0n) is 14.7. The Kier molecular flexibility index (Phi) is 4.78. The molecule has 1 fully saturated rings. The van der Waals surface area contributed by atoms with Crippen LogP contribution in [0, 0.1) is 5.92 Å². The van der Waals surface area contributed by atoms with Crippen LogP contribution >= 0.6 is 0 Å². The maximum Gasteiger partial charge on any atom is 0.356 e. The fraction of sp³-hybridized carbons (Fsp3) is 0.647. The van der Waals surface area contributed by atoms with E-state index in [1.54, 1.807) is 21.5 Å². The van der Waals surface area contributed by atoms with Gasteiger partial charge in [0, 0.05) is 57.3 Å². The molecule has 3 heterocycles. The van der Waals surface area contributed by atoms with Crippen molar-refractivity contribution in [3.63, 3.8) is 0 Å². The van der Waals surface area contributed by atoms with E-state index in [9.17, 15) is 19.5 Å². The molecule has 25 heavy (non-hydrogen) atoms. The number of carboxylic acid groups (broad SMARTS) is 1. The Morgan fingerprint density at radius 2 is 2.08 bits per heavy atom. The Morgan fingerprint density at radius 3 is 2.76 bits per heavy atom. The van der Waals surface area contributed by atoms with Crippen molar-refractivity contribution in [1.29, 1.82) is 0 Å². The minimum absolute atomic E-state index is 0.0134. The van der Waals surface area contributed by atoms with Crippen molar-refractivity contribution in [3.8, 4) is 0 Å². The van der Waals surface area contributed by atoms with E-state index >= 15 is 0 Å². The quantitative estimate of drug-likeness (QED) is 0.862. The lowest BCUT2D eigenvalue weighted by Gasteiger charge is -2.36. The monoisotopic (exact) mass is 348 g/mol. The molecule has 1 N–H and O–H groups in total. The normalized spacial score (nSPS) is 20.6. The van der Waals surface area contributed by atoms with E-state index in [0.29, 0.717) is 44.5 Å².